The number of benzene rings is 2. The van der Waals surface area contributed by atoms with Gasteiger partial charge in [-0.25, -0.2) is 9.48 Å². The molecule has 3 heterocycles. The maximum absolute atomic E-state index is 12.6. The Morgan fingerprint density at radius 2 is 1.88 bits per heavy atom. The van der Waals surface area contributed by atoms with E-state index < -0.39 is 0 Å². The van der Waals surface area contributed by atoms with Gasteiger partial charge in [0.25, 0.3) is 0 Å². The molecule has 0 saturated carbocycles. The van der Waals surface area contributed by atoms with Gasteiger partial charge in [0.05, 0.1) is 31.2 Å². The SMILES string of the molecule is O=C(Nc1ccccc1)N1CCc2c(cnn2Cc2cn(-c3cc(Cl)cc(Cl)c3)nn2)C1. The Kier molecular flexibility index (Phi) is 5.55. The van der Waals surface area contributed by atoms with Gasteiger partial charge >= 0.3 is 6.03 Å². The zero-order valence-electron chi connectivity index (χ0n) is 16.9. The summed E-state index contributed by atoms with van der Waals surface area (Å²) >= 11 is 12.2. The normalized spacial score (nSPS) is 13.1. The highest BCUT2D eigenvalue weighted by Gasteiger charge is 2.24. The number of nitrogens with zero attached hydrogens (tertiary/aromatic N) is 6. The summed E-state index contributed by atoms with van der Waals surface area (Å²) in [6.45, 7) is 1.62. The smallest absolute Gasteiger partial charge is 0.320 e. The second-order valence-corrected chi connectivity index (χ2v) is 8.40. The fraction of sp³-hybridized carbons (Fsp3) is 0.182. The maximum Gasteiger partial charge on any atom is 0.322 e. The fourth-order valence-electron chi connectivity index (χ4n) is 3.75. The average Bonchev–Trinajstić information content (AvgIpc) is 3.41. The molecule has 2 aromatic carbocycles. The third-order valence-corrected chi connectivity index (χ3v) is 5.73. The van der Waals surface area contributed by atoms with Gasteiger partial charge in [-0.1, -0.05) is 46.6 Å². The lowest BCUT2D eigenvalue weighted by Crippen LogP contribution is -2.39. The molecule has 10 heteroatoms. The molecular formula is C22H19Cl2N7O. The molecule has 0 atom stereocenters. The predicted molar refractivity (Wildman–Crippen MR) is 122 cm³/mol. The molecule has 0 fully saturated rings. The molecule has 1 aliphatic rings. The lowest BCUT2D eigenvalue weighted by molar-refractivity contribution is 0.205. The van der Waals surface area contributed by atoms with Crippen molar-refractivity contribution < 1.29 is 4.79 Å². The van der Waals surface area contributed by atoms with Gasteiger partial charge in [-0.05, 0) is 30.3 Å². The molecule has 0 radical (unpaired) electrons. The number of halogens is 2. The topological polar surface area (TPSA) is 80.9 Å². The first kappa shape index (κ1) is 20.5. The van der Waals surface area contributed by atoms with E-state index in [4.69, 9.17) is 23.2 Å². The summed E-state index contributed by atoms with van der Waals surface area (Å²) in [5.41, 5.74) is 4.42. The Morgan fingerprint density at radius 1 is 1.09 bits per heavy atom. The van der Waals surface area contributed by atoms with Gasteiger partial charge < -0.3 is 10.2 Å². The molecule has 0 saturated heterocycles. The predicted octanol–water partition coefficient (Wildman–Crippen LogP) is 4.41. The van der Waals surface area contributed by atoms with Crippen molar-refractivity contribution >= 4 is 34.9 Å². The first-order valence-electron chi connectivity index (χ1n) is 10.1. The number of aromatic nitrogens is 5. The van der Waals surface area contributed by atoms with E-state index in [1.807, 2.05) is 47.4 Å². The van der Waals surface area contributed by atoms with E-state index in [2.05, 4.69) is 20.7 Å². The van der Waals surface area contributed by atoms with E-state index in [0.717, 1.165) is 34.7 Å². The number of anilines is 1. The lowest BCUT2D eigenvalue weighted by atomic mass is 10.1. The molecule has 1 aliphatic heterocycles. The molecule has 0 aliphatic carbocycles. The van der Waals surface area contributed by atoms with Crippen molar-refractivity contribution in [3.8, 4) is 5.69 Å². The minimum Gasteiger partial charge on any atom is -0.320 e. The van der Waals surface area contributed by atoms with Crippen molar-refractivity contribution in [2.24, 2.45) is 0 Å². The van der Waals surface area contributed by atoms with Crippen LogP contribution in [0, 0.1) is 0 Å². The molecule has 0 unspecified atom stereocenters. The van der Waals surface area contributed by atoms with Crippen molar-refractivity contribution in [2.45, 2.75) is 19.5 Å². The van der Waals surface area contributed by atoms with Crippen LogP contribution in [-0.4, -0.2) is 42.3 Å². The molecule has 162 valence electrons. The van der Waals surface area contributed by atoms with E-state index in [0.29, 0.717) is 29.7 Å². The van der Waals surface area contributed by atoms with E-state index in [1.165, 1.54) is 0 Å². The van der Waals surface area contributed by atoms with Crippen molar-refractivity contribution in [3.05, 3.63) is 87.9 Å². The van der Waals surface area contributed by atoms with E-state index in [1.54, 1.807) is 27.8 Å². The third kappa shape index (κ3) is 4.32. The highest BCUT2D eigenvalue weighted by molar-refractivity contribution is 6.34. The summed E-state index contributed by atoms with van der Waals surface area (Å²) in [6.07, 6.45) is 4.37. The Morgan fingerprint density at radius 3 is 2.66 bits per heavy atom. The van der Waals surface area contributed by atoms with Crippen LogP contribution in [-0.2, 0) is 19.5 Å². The van der Waals surface area contributed by atoms with Gasteiger partial charge in [0.1, 0.15) is 5.69 Å². The van der Waals surface area contributed by atoms with Gasteiger partial charge in [0.2, 0.25) is 0 Å². The first-order chi connectivity index (χ1) is 15.5. The molecule has 8 nitrogen and oxygen atoms in total. The Hall–Kier alpha value is -3.36. The zero-order valence-corrected chi connectivity index (χ0v) is 18.5. The summed E-state index contributed by atoms with van der Waals surface area (Å²) < 4.78 is 3.56. The van der Waals surface area contributed by atoms with Gasteiger partial charge in [0, 0.05) is 40.0 Å². The highest BCUT2D eigenvalue weighted by Crippen LogP contribution is 2.23. The first-order valence-corrected chi connectivity index (χ1v) is 10.8. The monoisotopic (exact) mass is 467 g/mol. The van der Waals surface area contributed by atoms with Crippen molar-refractivity contribution in [3.63, 3.8) is 0 Å². The van der Waals surface area contributed by atoms with Crippen molar-refractivity contribution in [1.82, 2.24) is 29.7 Å². The standard InChI is InChI=1S/C22H19Cl2N7O/c23-16-8-17(24)10-20(9-16)30-13-19(27-28-30)14-31-21-6-7-29(12-15(21)11-25-31)22(32)26-18-4-2-1-3-5-18/h1-5,8-11,13H,6-7,12,14H2,(H,26,32). The highest BCUT2D eigenvalue weighted by atomic mass is 35.5. The molecule has 1 N–H and O–H groups in total. The lowest BCUT2D eigenvalue weighted by Gasteiger charge is -2.27. The van der Waals surface area contributed by atoms with E-state index >= 15 is 0 Å². The van der Waals surface area contributed by atoms with Gasteiger partial charge in [-0.2, -0.15) is 5.10 Å². The van der Waals surface area contributed by atoms with Gasteiger partial charge in [-0.15, -0.1) is 5.10 Å². The fourth-order valence-corrected chi connectivity index (χ4v) is 4.27. The zero-order chi connectivity index (χ0) is 22.1. The second-order valence-electron chi connectivity index (χ2n) is 7.52. The number of carbonyl (C=O) groups excluding carboxylic acids is 1. The van der Waals surface area contributed by atoms with Crippen molar-refractivity contribution in [2.75, 3.05) is 11.9 Å². The Labute approximate surface area is 194 Å². The number of para-hydroxylation sites is 1. The third-order valence-electron chi connectivity index (χ3n) is 5.29. The summed E-state index contributed by atoms with van der Waals surface area (Å²) in [5, 5.41) is 17.0. The summed E-state index contributed by atoms with van der Waals surface area (Å²) in [6, 6.07) is 14.6. The van der Waals surface area contributed by atoms with Crippen LogP contribution in [0.5, 0.6) is 0 Å². The number of carbonyl (C=O) groups is 1. The second kappa shape index (κ2) is 8.64. The number of fused-ring (bicyclic) bond motifs is 1. The van der Waals surface area contributed by atoms with Crippen LogP contribution in [0.1, 0.15) is 17.0 Å². The average molecular weight is 468 g/mol. The quantitative estimate of drug-likeness (QED) is 0.481. The molecule has 32 heavy (non-hydrogen) atoms. The van der Waals surface area contributed by atoms with Crippen LogP contribution in [0.15, 0.2) is 60.9 Å². The van der Waals surface area contributed by atoms with Gasteiger partial charge in [0.15, 0.2) is 0 Å². The molecule has 2 aromatic heterocycles. The van der Waals surface area contributed by atoms with E-state index in [9.17, 15) is 4.79 Å². The molecule has 5 rings (SSSR count). The number of amides is 2. The molecule has 4 aromatic rings. The molecule has 2 amide bonds. The van der Waals surface area contributed by atoms with Crippen LogP contribution in [0.25, 0.3) is 5.69 Å². The number of urea groups is 1. The minimum absolute atomic E-state index is 0.113. The van der Waals surface area contributed by atoms with E-state index in [-0.39, 0.29) is 6.03 Å². The van der Waals surface area contributed by atoms with Crippen molar-refractivity contribution in [1.29, 1.82) is 0 Å². The minimum atomic E-state index is -0.113. The Bertz CT molecular complexity index is 1250. The van der Waals surface area contributed by atoms with Crippen LogP contribution in [0.3, 0.4) is 0 Å². The van der Waals surface area contributed by atoms with Crippen LogP contribution >= 0.6 is 23.2 Å². The number of rotatable bonds is 4. The van der Waals surface area contributed by atoms with Crippen LogP contribution in [0.4, 0.5) is 10.5 Å². The summed E-state index contributed by atoms with van der Waals surface area (Å²) in [5.74, 6) is 0. The van der Waals surface area contributed by atoms with Gasteiger partial charge in [-0.3, -0.25) is 4.68 Å². The van der Waals surface area contributed by atoms with Crippen LogP contribution < -0.4 is 5.32 Å². The van der Waals surface area contributed by atoms with Crippen LogP contribution in [0.2, 0.25) is 10.0 Å². The largest absolute Gasteiger partial charge is 0.322 e. The number of nitrogens with one attached hydrogen (secondary N) is 1. The molecule has 0 bridgehead atoms. The maximum atomic E-state index is 12.6. The molecular weight excluding hydrogens is 449 g/mol. The number of hydrogen-bond donors (Lipinski definition) is 1. The summed E-state index contributed by atoms with van der Waals surface area (Å²) in [4.78, 5) is 14.4. The Balaban J connectivity index is 1.27. The molecule has 0 spiro atoms. The summed E-state index contributed by atoms with van der Waals surface area (Å²) in [7, 11) is 0. The number of hydrogen-bond acceptors (Lipinski definition) is 4.